The summed E-state index contributed by atoms with van der Waals surface area (Å²) in [5.74, 6) is -11.0. The van der Waals surface area contributed by atoms with Crippen LogP contribution in [-0.2, 0) is 51.5 Å². The van der Waals surface area contributed by atoms with E-state index in [1.807, 2.05) is 0 Å². The van der Waals surface area contributed by atoms with E-state index in [1.165, 1.54) is 0 Å². The molecular weight excluding hydrogens is 291 g/mol. The van der Waals surface area contributed by atoms with Crippen LogP contribution in [0.5, 0.6) is 0 Å². The van der Waals surface area contributed by atoms with Crippen molar-refractivity contribution in [1.29, 1.82) is 0 Å². The predicted octanol–water partition coefficient (Wildman–Crippen LogP) is -3.38. The average molecular weight is 291 g/mol. The number of hydrogen-bond donors (Lipinski definition) is 0. The van der Waals surface area contributed by atoms with Gasteiger partial charge in [-0.25, -0.2) is 0 Å². The molecule has 13 heteroatoms. The van der Waals surface area contributed by atoms with Crippen LogP contribution < -0.4 is 0 Å². The average Bonchev–Trinajstić information content (AvgIpc) is 2.69. The first kappa shape index (κ1) is 11.4. The van der Waals surface area contributed by atoms with Crippen molar-refractivity contribution in [3.05, 3.63) is 0 Å². The molecule has 0 bridgehead atoms. The van der Waals surface area contributed by atoms with Crippen LogP contribution in [-0.4, -0.2) is 48.8 Å². The van der Waals surface area contributed by atoms with Crippen LogP contribution in [0.2, 0.25) is 0 Å². The predicted molar refractivity (Wildman–Crippen MR) is 42.3 cm³/mol. The van der Waals surface area contributed by atoms with Crippen molar-refractivity contribution in [3.63, 3.8) is 0 Å². The van der Waals surface area contributed by atoms with E-state index in [1.54, 1.807) is 0 Å². The van der Waals surface area contributed by atoms with Crippen LogP contribution in [0.15, 0.2) is 0 Å². The summed E-state index contributed by atoms with van der Waals surface area (Å²) in [5.41, 5.74) is 0. The first-order chi connectivity index (χ1) is 8.65. The third-order valence-electron chi connectivity index (χ3n) is 2.59. The topological polar surface area (TPSA) is 158 Å². The Morgan fingerprint density at radius 2 is 0.579 bits per heavy atom. The van der Waals surface area contributed by atoms with Crippen molar-refractivity contribution >= 4 is 48.8 Å². The van der Waals surface area contributed by atoms with Gasteiger partial charge in [-0.2, -0.15) is 0 Å². The van der Waals surface area contributed by atoms with Crippen LogP contribution in [0.3, 0.4) is 0 Å². The van der Waals surface area contributed by atoms with Gasteiger partial charge in [0.1, 0.15) is 0 Å². The normalized spacial score (nSPS) is 32.2. The van der Waals surface area contributed by atoms with E-state index in [0.29, 0.717) is 0 Å². The van der Waals surface area contributed by atoms with Gasteiger partial charge in [-0.15, -0.1) is 0 Å². The van der Waals surface area contributed by atoms with Gasteiger partial charge in [0.05, 0.1) is 0 Å². The molecule has 102 valence electrons. The molecule has 3 rings (SSSR count). The molecule has 0 aromatic rings. The monoisotopic (exact) mass is 291 g/mol. The van der Waals surface area contributed by atoms with Crippen LogP contribution in [0.1, 0.15) is 0 Å². The third kappa shape index (κ3) is 1.04. The molecule has 3 aliphatic heterocycles. The van der Waals surface area contributed by atoms with E-state index in [2.05, 4.69) is 22.7 Å². The summed E-state index contributed by atoms with van der Waals surface area (Å²) in [5, 5.41) is 0. The SMILES string of the molecule is O=C1[O][Al-3]23([O]C1=O)([O]C(=O)C(=O)[O]2)[O]C(=O)C(=O)[O]3. The first-order valence-electron chi connectivity index (χ1n) is 4.61. The van der Waals surface area contributed by atoms with Crippen molar-refractivity contribution in [2.45, 2.75) is 0 Å². The van der Waals surface area contributed by atoms with E-state index in [0.717, 1.165) is 0 Å². The molecule has 0 unspecified atom stereocenters. The van der Waals surface area contributed by atoms with Gasteiger partial charge in [0, 0.05) is 0 Å². The summed E-state index contributed by atoms with van der Waals surface area (Å²) in [7, 11) is 0. The van der Waals surface area contributed by atoms with Gasteiger partial charge in [0.15, 0.2) is 0 Å². The molecule has 12 nitrogen and oxygen atoms in total. The molecule has 1 spiro atoms. The maximum atomic E-state index is 11.1. The fraction of sp³-hybridized carbons (Fsp3) is 0. The van der Waals surface area contributed by atoms with E-state index in [-0.39, 0.29) is 0 Å². The number of carbonyl (C=O) groups excluding carboxylic acids is 6. The summed E-state index contributed by atoms with van der Waals surface area (Å²) in [4.78, 5) is 66.6. The van der Waals surface area contributed by atoms with E-state index in [4.69, 9.17) is 0 Å². The van der Waals surface area contributed by atoms with Crippen molar-refractivity contribution in [2.24, 2.45) is 0 Å². The van der Waals surface area contributed by atoms with Gasteiger partial charge in [0.2, 0.25) is 0 Å². The van der Waals surface area contributed by atoms with E-state index >= 15 is 0 Å². The van der Waals surface area contributed by atoms with Gasteiger partial charge >= 0.3 is 100 Å². The Kier molecular flexibility index (Phi) is 1.44. The fourth-order valence-electron chi connectivity index (χ4n) is 1.96. The van der Waals surface area contributed by atoms with Crippen LogP contribution in [0.25, 0.3) is 0 Å². The second-order valence-corrected chi connectivity index (χ2v) is 8.18. The Balaban J connectivity index is 2.31. The number of hydrogen-bond acceptors (Lipinski definition) is 12. The second-order valence-electron chi connectivity index (χ2n) is 3.88. The molecule has 0 aliphatic carbocycles. The molecule has 0 aromatic heterocycles. The Labute approximate surface area is 101 Å². The molecule has 0 amide bonds. The zero-order valence-electron chi connectivity index (χ0n) is 8.48. The molecule has 3 aliphatic rings. The van der Waals surface area contributed by atoms with Gasteiger partial charge in [-0.1, -0.05) is 0 Å². The molecule has 3 fully saturated rings. The zero-order chi connectivity index (χ0) is 14.1. The summed E-state index contributed by atoms with van der Waals surface area (Å²) < 4.78 is 25.4. The second kappa shape index (κ2) is 2.39. The molecule has 0 radical (unpaired) electrons. The van der Waals surface area contributed by atoms with Gasteiger partial charge < -0.3 is 0 Å². The van der Waals surface area contributed by atoms with Gasteiger partial charge in [-0.05, 0) is 0 Å². The fourth-order valence-corrected chi connectivity index (χ4v) is 5.88. The van der Waals surface area contributed by atoms with Crippen molar-refractivity contribution < 1.29 is 51.5 Å². The van der Waals surface area contributed by atoms with Crippen molar-refractivity contribution in [2.75, 3.05) is 0 Å². The summed E-state index contributed by atoms with van der Waals surface area (Å²) in [6, 6.07) is 0. The van der Waals surface area contributed by atoms with Crippen LogP contribution >= 0.6 is 0 Å². The van der Waals surface area contributed by atoms with E-state index < -0.39 is 48.8 Å². The summed E-state index contributed by atoms with van der Waals surface area (Å²) in [6.45, 7) is 0. The van der Waals surface area contributed by atoms with Crippen molar-refractivity contribution in [3.8, 4) is 0 Å². The molecule has 0 saturated carbocycles. The minimum absolute atomic E-state index is 1.83. The Bertz CT molecular complexity index is 496. The Morgan fingerprint density at radius 3 is 0.737 bits per heavy atom. The van der Waals surface area contributed by atoms with Crippen LogP contribution in [0.4, 0.5) is 0 Å². The Hall–Kier alpha value is -2.65. The van der Waals surface area contributed by atoms with Gasteiger partial charge in [0.25, 0.3) is 0 Å². The molecule has 3 heterocycles. The molecule has 0 atom stereocenters. The summed E-state index contributed by atoms with van der Waals surface area (Å²) in [6.07, 6.45) is 0. The molecule has 0 N–H and O–H groups in total. The molecule has 19 heavy (non-hydrogen) atoms. The van der Waals surface area contributed by atoms with E-state index in [9.17, 15) is 28.8 Å². The zero-order valence-corrected chi connectivity index (χ0v) is 9.63. The number of carbonyl (C=O) groups is 6. The van der Waals surface area contributed by atoms with Gasteiger partial charge in [-0.3, -0.25) is 0 Å². The standard InChI is InChI=1S/3C2H2O4.Al/c3*3-1(4)2(5)6;/h3*(H,3,4)(H,5,6);/q;;;+3/p-6. The summed E-state index contributed by atoms with van der Waals surface area (Å²) >= 11 is -7.61. The number of rotatable bonds is 0. The quantitative estimate of drug-likeness (QED) is 0.322. The van der Waals surface area contributed by atoms with Crippen molar-refractivity contribution in [1.82, 2.24) is 0 Å². The molecule has 3 saturated heterocycles. The first-order valence-corrected chi connectivity index (χ1v) is 7.44. The molecule has 0 aromatic carbocycles. The third-order valence-corrected chi connectivity index (χ3v) is 6.76. The maximum absolute atomic E-state index is 11.1. The minimum atomic E-state index is -7.61. The Morgan fingerprint density at radius 1 is 0.421 bits per heavy atom. The molecular formula is C6AlO12-3. The van der Waals surface area contributed by atoms with Crippen LogP contribution in [0, 0.1) is 0 Å².